The van der Waals surface area contributed by atoms with Crippen LogP contribution in [0.25, 0.3) is 5.70 Å². The van der Waals surface area contributed by atoms with Crippen LogP contribution in [0.2, 0.25) is 0 Å². The first-order valence-corrected chi connectivity index (χ1v) is 9.45. The summed E-state index contributed by atoms with van der Waals surface area (Å²) in [6.45, 7) is 5.29. The first-order chi connectivity index (χ1) is 13.2. The van der Waals surface area contributed by atoms with Gasteiger partial charge in [-0.3, -0.25) is 5.41 Å². The van der Waals surface area contributed by atoms with E-state index in [9.17, 15) is 10.2 Å². The first kappa shape index (κ1) is 21.6. The molecule has 1 saturated heterocycles. The maximum Gasteiger partial charge on any atom is 0.143 e. The molecule has 154 valence electrons. The molecule has 0 aliphatic carbocycles. The second-order valence-electron chi connectivity index (χ2n) is 7.65. The van der Waals surface area contributed by atoms with E-state index in [2.05, 4.69) is 16.0 Å². The van der Waals surface area contributed by atoms with Gasteiger partial charge < -0.3 is 37.6 Å². The summed E-state index contributed by atoms with van der Waals surface area (Å²) in [6.07, 6.45) is 3.49. The number of hydrogen-bond donors (Lipinski definition) is 8. The zero-order valence-electron chi connectivity index (χ0n) is 16.5. The van der Waals surface area contributed by atoms with Crippen LogP contribution in [0.5, 0.6) is 5.75 Å². The molecule has 1 aromatic carbocycles. The molecule has 0 spiro atoms. The van der Waals surface area contributed by atoms with Gasteiger partial charge in [0.1, 0.15) is 11.6 Å². The lowest BCUT2D eigenvalue weighted by Gasteiger charge is -2.27. The zero-order valence-corrected chi connectivity index (χ0v) is 16.5. The van der Waals surface area contributed by atoms with E-state index < -0.39 is 5.60 Å². The SMILES string of the molecule is CC(C)(O)CNC(=N)/C(N)=C(/C=C(\N)c1ccccc1O)NC1CCNCC1. The molecule has 0 aromatic heterocycles. The van der Waals surface area contributed by atoms with Crippen molar-refractivity contribution in [2.75, 3.05) is 19.6 Å². The van der Waals surface area contributed by atoms with Gasteiger partial charge in [0.2, 0.25) is 0 Å². The standard InChI is InChI=1S/C20H32N6O2/c1-20(2,28)12-25-19(23)18(22)16(26-13-7-9-24-10-8-13)11-15(21)14-5-3-4-6-17(14)27/h3-6,11,13,24,26-28H,7-10,12,21-22H2,1-2H3,(H2,23,25)/b15-11-,18-16+. The van der Waals surface area contributed by atoms with Gasteiger partial charge >= 0.3 is 0 Å². The third kappa shape index (κ3) is 6.47. The fraction of sp³-hybridized carbons (Fsp3) is 0.450. The van der Waals surface area contributed by atoms with Crippen molar-refractivity contribution in [3.8, 4) is 5.75 Å². The second-order valence-corrected chi connectivity index (χ2v) is 7.65. The molecule has 0 atom stereocenters. The van der Waals surface area contributed by atoms with Gasteiger partial charge in [-0.25, -0.2) is 0 Å². The Labute approximate surface area is 166 Å². The minimum Gasteiger partial charge on any atom is -0.507 e. The Kier molecular flexibility index (Phi) is 7.31. The van der Waals surface area contributed by atoms with Crippen molar-refractivity contribution in [1.29, 1.82) is 5.41 Å². The quantitative estimate of drug-likeness (QED) is 0.193. The largest absolute Gasteiger partial charge is 0.507 e. The number of benzene rings is 1. The summed E-state index contributed by atoms with van der Waals surface area (Å²) in [7, 11) is 0. The van der Waals surface area contributed by atoms with E-state index in [4.69, 9.17) is 16.9 Å². The topological polar surface area (TPSA) is 152 Å². The molecule has 0 amide bonds. The molecule has 0 radical (unpaired) electrons. The Morgan fingerprint density at radius 3 is 2.54 bits per heavy atom. The minimum atomic E-state index is -0.972. The maximum atomic E-state index is 10.1. The lowest BCUT2D eigenvalue weighted by atomic mass is 10.0. The van der Waals surface area contributed by atoms with Gasteiger partial charge in [0.05, 0.1) is 17.0 Å². The van der Waals surface area contributed by atoms with E-state index in [1.54, 1.807) is 44.2 Å². The molecule has 8 nitrogen and oxygen atoms in total. The summed E-state index contributed by atoms with van der Waals surface area (Å²) >= 11 is 0. The number of allylic oxidation sites excluding steroid dienone is 1. The number of nitrogens with one attached hydrogen (secondary N) is 4. The van der Waals surface area contributed by atoms with Crippen molar-refractivity contribution in [3.05, 3.63) is 47.3 Å². The van der Waals surface area contributed by atoms with Crippen molar-refractivity contribution in [2.45, 2.75) is 38.3 Å². The van der Waals surface area contributed by atoms with Gasteiger partial charge in [0.25, 0.3) is 0 Å². The molecule has 0 unspecified atom stereocenters. The van der Waals surface area contributed by atoms with Crippen LogP contribution in [0.1, 0.15) is 32.3 Å². The number of nitrogens with two attached hydrogens (primary N) is 2. The highest BCUT2D eigenvalue weighted by Crippen LogP contribution is 2.22. The molecule has 0 saturated carbocycles. The summed E-state index contributed by atoms with van der Waals surface area (Å²) < 4.78 is 0. The van der Waals surface area contributed by atoms with Crippen molar-refractivity contribution >= 4 is 11.5 Å². The third-order valence-corrected chi connectivity index (χ3v) is 4.47. The number of aromatic hydroxyl groups is 1. The Bertz CT molecular complexity index is 745. The number of piperidine rings is 1. The molecule has 28 heavy (non-hydrogen) atoms. The molecule has 1 heterocycles. The number of amidine groups is 1. The highest BCUT2D eigenvalue weighted by molar-refractivity contribution is 5.96. The molecule has 1 aliphatic heterocycles. The molecule has 8 heteroatoms. The lowest BCUT2D eigenvalue weighted by molar-refractivity contribution is 0.0849. The Morgan fingerprint density at radius 2 is 1.93 bits per heavy atom. The number of para-hydroxylation sites is 1. The van der Waals surface area contributed by atoms with Gasteiger partial charge in [0, 0.05) is 23.8 Å². The average molecular weight is 389 g/mol. The second kappa shape index (κ2) is 9.48. The fourth-order valence-corrected chi connectivity index (χ4v) is 2.87. The monoisotopic (exact) mass is 388 g/mol. The van der Waals surface area contributed by atoms with E-state index in [1.165, 1.54) is 0 Å². The summed E-state index contributed by atoms with van der Waals surface area (Å²) in [5.41, 5.74) is 13.0. The summed E-state index contributed by atoms with van der Waals surface area (Å²) in [5.74, 6) is 0.0752. The molecule has 2 rings (SSSR count). The van der Waals surface area contributed by atoms with E-state index in [-0.39, 0.29) is 29.9 Å². The van der Waals surface area contributed by atoms with Crippen LogP contribution in [0.3, 0.4) is 0 Å². The van der Waals surface area contributed by atoms with E-state index >= 15 is 0 Å². The molecule has 1 aromatic rings. The normalized spacial score (nSPS) is 17.0. The Hall–Kier alpha value is -2.71. The first-order valence-electron chi connectivity index (χ1n) is 9.45. The highest BCUT2D eigenvalue weighted by atomic mass is 16.3. The average Bonchev–Trinajstić information content (AvgIpc) is 2.65. The fourth-order valence-electron chi connectivity index (χ4n) is 2.87. The van der Waals surface area contributed by atoms with Gasteiger partial charge in [-0.1, -0.05) is 12.1 Å². The van der Waals surface area contributed by atoms with Gasteiger partial charge in [0.15, 0.2) is 0 Å². The van der Waals surface area contributed by atoms with Crippen molar-refractivity contribution in [3.63, 3.8) is 0 Å². The molecule has 1 fully saturated rings. The number of rotatable bonds is 7. The molecular weight excluding hydrogens is 356 g/mol. The number of phenols is 1. The van der Waals surface area contributed by atoms with Crippen LogP contribution >= 0.6 is 0 Å². The van der Waals surface area contributed by atoms with Crippen LogP contribution in [0.4, 0.5) is 0 Å². The van der Waals surface area contributed by atoms with Gasteiger partial charge in [-0.15, -0.1) is 0 Å². The van der Waals surface area contributed by atoms with E-state index in [0.717, 1.165) is 25.9 Å². The van der Waals surface area contributed by atoms with Crippen molar-refractivity contribution in [2.24, 2.45) is 11.5 Å². The summed E-state index contributed by atoms with van der Waals surface area (Å²) in [4.78, 5) is 0. The molecular formula is C20H32N6O2. The predicted octanol–water partition coefficient (Wildman–Crippen LogP) is 0.541. The number of aliphatic hydroxyl groups is 1. The van der Waals surface area contributed by atoms with Gasteiger partial charge in [-0.05, 0) is 58.0 Å². The van der Waals surface area contributed by atoms with Crippen LogP contribution in [-0.2, 0) is 0 Å². The third-order valence-electron chi connectivity index (χ3n) is 4.47. The summed E-state index contributed by atoms with van der Waals surface area (Å²) in [6, 6.07) is 6.99. The van der Waals surface area contributed by atoms with Crippen molar-refractivity contribution < 1.29 is 10.2 Å². The lowest BCUT2D eigenvalue weighted by Crippen LogP contribution is -2.43. The number of hydrogen-bond acceptors (Lipinski definition) is 7. The minimum absolute atomic E-state index is 0.0000990. The summed E-state index contributed by atoms with van der Waals surface area (Å²) in [5, 5.41) is 37.7. The van der Waals surface area contributed by atoms with E-state index in [0.29, 0.717) is 17.0 Å². The Morgan fingerprint density at radius 1 is 1.29 bits per heavy atom. The maximum absolute atomic E-state index is 10.1. The molecule has 10 N–H and O–H groups in total. The molecule has 0 bridgehead atoms. The van der Waals surface area contributed by atoms with Crippen LogP contribution in [-0.4, -0.2) is 47.3 Å². The number of phenolic OH excluding ortho intramolecular Hbond substituents is 1. The van der Waals surface area contributed by atoms with Crippen molar-refractivity contribution in [1.82, 2.24) is 16.0 Å². The van der Waals surface area contributed by atoms with Gasteiger partial charge in [-0.2, -0.15) is 0 Å². The van der Waals surface area contributed by atoms with Crippen LogP contribution in [0, 0.1) is 5.41 Å². The zero-order chi connectivity index (χ0) is 20.7. The molecule has 1 aliphatic rings. The predicted molar refractivity (Wildman–Crippen MR) is 113 cm³/mol. The van der Waals surface area contributed by atoms with Crippen LogP contribution in [0.15, 0.2) is 41.7 Å². The van der Waals surface area contributed by atoms with Crippen LogP contribution < -0.4 is 27.4 Å². The highest BCUT2D eigenvalue weighted by Gasteiger charge is 2.18. The Balaban J connectivity index is 2.31. The van der Waals surface area contributed by atoms with E-state index in [1.807, 2.05) is 0 Å². The smallest absolute Gasteiger partial charge is 0.143 e.